The average molecular weight is 298 g/mol. The summed E-state index contributed by atoms with van der Waals surface area (Å²) in [5.74, 6) is 0.529. The van der Waals surface area contributed by atoms with Crippen LogP contribution >= 0.6 is 11.3 Å². The van der Waals surface area contributed by atoms with Crippen LogP contribution in [0.4, 0.5) is 0 Å². The lowest BCUT2D eigenvalue weighted by Gasteiger charge is -2.03. The summed E-state index contributed by atoms with van der Waals surface area (Å²) >= 11 is 1.60. The van der Waals surface area contributed by atoms with Crippen molar-refractivity contribution in [3.05, 3.63) is 65.3 Å². The number of hydrogen-bond acceptors (Lipinski definition) is 5. The number of pyridine rings is 1. The number of aromatic nitrogens is 2. The molecule has 4 nitrogen and oxygen atoms in total. The van der Waals surface area contributed by atoms with E-state index >= 15 is 0 Å². The first-order chi connectivity index (χ1) is 10.3. The molecule has 0 aliphatic rings. The van der Waals surface area contributed by atoms with Gasteiger partial charge in [0.05, 0.1) is 12.3 Å². The van der Waals surface area contributed by atoms with Crippen molar-refractivity contribution in [1.82, 2.24) is 9.97 Å². The molecule has 0 spiro atoms. The van der Waals surface area contributed by atoms with Crippen LogP contribution in [0, 0.1) is 0 Å². The maximum absolute atomic E-state index is 8.96. The largest absolute Gasteiger partial charge is 0.471 e. The predicted molar refractivity (Wildman–Crippen MR) is 82.0 cm³/mol. The van der Waals surface area contributed by atoms with Gasteiger partial charge in [-0.25, -0.2) is 9.97 Å². The number of rotatable bonds is 5. The van der Waals surface area contributed by atoms with E-state index in [1.165, 1.54) is 0 Å². The molecule has 0 fully saturated rings. The molecule has 3 aromatic rings. The zero-order chi connectivity index (χ0) is 14.5. The van der Waals surface area contributed by atoms with Gasteiger partial charge in [0.2, 0.25) is 5.88 Å². The van der Waals surface area contributed by atoms with Gasteiger partial charge in [0.1, 0.15) is 11.6 Å². The molecule has 0 saturated heterocycles. The molecule has 0 aliphatic carbocycles. The molecule has 0 radical (unpaired) electrons. The summed E-state index contributed by atoms with van der Waals surface area (Å²) in [6.45, 7) is 0.370. The minimum absolute atomic E-state index is 0.0141. The molecule has 0 aliphatic heterocycles. The minimum atomic E-state index is -0.0141. The topological polar surface area (TPSA) is 55.2 Å². The summed E-state index contributed by atoms with van der Waals surface area (Å²) in [5, 5.41) is 11.9. The summed E-state index contributed by atoms with van der Waals surface area (Å²) in [6, 6.07) is 13.6. The van der Waals surface area contributed by atoms with Crippen molar-refractivity contribution in [2.75, 3.05) is 0 Å². The first kappa shape index (κ1) is 13.7. The summed E-state index contributed by atoms with van der Waals surface area (Å²) in [7, 11) is 0. The van der Waals surface area contributed by atoms with Crippen molar-refractivity contribution in [2.45, 2.75) is 13.2 Å². The van der Waals surface area contributed by atoms with Crippen LogP contribution < -0.4 is 4.74 Å². The van der Waals surface area contributed by atoms with Crippen LogP contribution in [0.5, 0.6) is 5.88 Å². The van der Waals surface area contributed by atoms with E-state index in [0.29, 0.717) is 12.5 Å². The van der Waals surface area contributed by atoms with Gasteiger partial charge in [0, 0.05) is 23.2 Å². The maximum atomic E-state index is 8.96. The standard InChI is InChI=1S/C16H14N2O2S/c19-9-12-6-7-15(17-8-12)20-10-14-11-21-16(18-14)13-4-2-1-3-5-13/h1-8,11,19H,9-10H2. The van der Waals surface area contributed by atoms with Gasteiger partial charge >= 0.3 is 0 Å². The van der Waals surface area contributed by atoms with Gasteiger partial charge in [0.25, 0.3) is 0 Å². The Labute approximate surface area is 126 Å². The zero-order valence-corrected chi connectivity index (χ0v) is 12.1. The monoisotopic (exact) mass is 298 g/mol. The quantitative estimate of drug-likeness (QED) is 0.785. The lowest BCUT2D eigenvalue weighted by Crippen LogP contribution is -1.98. The van der Waals surface area contributed by atoms with Crippen molar-refractivity contribution in [2.24, 2.45) is 0 Å². The maximum Gasteiger partial charge on any atom is 0.213 e. The minimum Gasteiger partial charge on any atom is -0.471 e. The summed E-state index contributed by atoms with van der Waals surface area (Å²) in [5.41, 5.74) is 2.76. The second-order valence-corrected chi connectivity index (χ2v) is 5.32. The van der Waals surface area contributed by atoms with Crippen molar-refractivity contribution < 1.29 is 9.84 Å². The van der Waals surface area contributed by atoms with Gasteiger partial charge in [-0.2, -0.15) is 0 Å². The third-order valence-electron chi connectivity index (χ3n) is 2.92. The second kappa shape index (κ2) is 6.47. The van der Waals surface area contributed by atoms with Crippen molar-refractivity contribution in [3.8, 4) is 16.5 Å². The molecular weight excluding hydrogens is 284 g/mol. The SMILES string of the molecule is OCc1ccc(OCc2csc(-c3ccccc3)n2)nc1. The Hall–Kier alpha value is -2.24. The summed E-state index contributed by atoms with van der Waals surface area (Å²) < 4.78 is 5.59. The van der Waals surface area contributed by atoms with Gasteiger partial charge in [-0.3, -0.25) is 0 Å². The van der Waals surface area contributed by atoms with Crippen LogP contribution in [0.1, 0.15) is 11.3 Å². The molecule has 21 heavy (non-hydrogen) atoms. The van der Waals surface area contributed by atoms with Gasteiger partial charge < -0.3 is 9.84 Å². The molecular formula is C16H14N2O2S. The van der Waals surface area contributed by atoms with E-state index in [0.717, 1.165) is 21.8 Å². The first-order valence-corrected chi connectivity index (χ1v) is 7.41. The molecule has 2 aromatic heterocycles. The number of aliphatic hydroxyl groups excluding tert-OH is 1. The molecule has 0 unspecified atom stereocenters. The molecule has 0 saturated carbocycles. The van der Waals surface area contributed by atoms with Crippen LogP contribution in [-0.4, -0.2) is 15.1 Å². The van der Waals surface area contributed by atoms with Crippen LogP contribution in [0.3, 0.4) is 0 Å². The molecule has 1 N–H and O–H groups in total. The summed E-state index contributed by atoms with van der Waals surface area (Å²) in [6.07, 6.45) is 1.60. The number of aliphatic hydroxyl groups is 1. The van der Waals surface area contributed by atoms with Crippen LogP contribution in [0.15, 0.2) is 54.0 Å². The fourth-order valence-electron chi connectivity index (χ4n) is 1.82. The predicted octanol–water partition coefficient (Wildman–Crippen LogP) is 3.28. The number of ether oxygens (including phenoxy) is 1. The van der Waals surface area contributed by atoms with E-state index in [1.54, 1.807) is 29.7 Å². The smallest absolute Gasteiger partial charge is 0.213 e. The third kappa shape index (κ3) is 3.45. The Balaban J connectivity index is 1.64. The Morgan fingerprint density at radius 3 is 2.67 bits per heavy atom. The highest BCUT2D eigenvalue weighted by molar-refractivity contribution is 7.13. The second-order valence-electron chi connectivity index (χ2n) is 4.46. The third-order valence-corrected chi connectivity index (χ3v) is 3.86. The van der Waals surface area contributed by atoms with E-state index in [1.807, 2.05) is 35.7 Å². The lowest BCUT2D eigenvalue weighted by molar-refractivity contribution is 0.277. The van der Waals surface area contributed by atoms with Crippen molar-refractivity contribution >= 4 is 11.3 Å². The highest BCUT2D eigenvalue weighted by Gasteiger charge is 2.05. The average Bonchev–Trinajstić information content (AvgIpc) is 3.03. The number of benzene rings is 1. The highest BCUT2D eigenvalue weighted by atomic mass is 32.1. The first-order valence-electron chi connectivity index (χ1n) is 6.53. The Morgan fingerprint density at radius 1 is 1.10 bits per heavy atom. The van der Waals surface area contributed by atoms with Gasteiger partial charge in [-0.15, -0.1) is 11.3 Å². The molecule has 5 heteroatoms. The van der Waals surface area contributed by atoms with Crippen LogP contribution in [0.25, 0.3) is 10.6 Å². The zero-order valence-electron chi connectivity index (χ0n) is 11.3. The van der Waals surface area contributed by atoms with E-state index in [9.17, 15) is 0 Å². The Morgan fingerprint density at radius 2 is 1.95 bits per heavy atom. The van der Waals surface area contributed by atoms with Gasteiger partial charge in [0.15, 0.2) is 0 Å². The molecule has 0 amide bonds. The molecule has 1 aromatic carbocycles. The van der Waals surface area contributed by atoms with Gasteiger partial charge in [-0.1, -0.05) is 30.3 Å². The number of hydrogen-bond donors (Lipinski definition) is 1. The van der Waals surface area contributed by atoms with E-state index in [2.05, 4.69) is 9.97 Å². The Bertz CT molecular complexity index is 696. The normalized spacial score (nSPS) is 10.5. The molecule has 3 rings (SSSR count). The van der Waals surface area contributed by atoms with Crippen LogP contribution in [0.2, 0.25) is 0 Å². The van der Waals surface area contributed by atoms with Crippen molar-refractivity contribution in [3.63, 3.8) is 0 Å². The molecule has 2 heterocycles. The van der Waals surface area contributed by atoms with Crippen LogP contribution in [-0.2, 0) is 13.2 Å². The number of nitrogens with zero attached hydrogens (tertiary/aromatic N) is 2. The fourth-order valence-corrected chi connectivity index (χ4v) is 2.63. The fraction of sp³-hybridized carbons (Fsp3) is 0.125. The highest BCUT2D eigenvalue weighted by Crippen LogP contribution is 2.23. The number of thiazole rings is 1. The van der Waals surface area contributed by atoms with Crippen molar-refractivity contribution in [1.29, 1.82) is 0 Å². The Kier molecular flexibility index (Phi) is 4.23. The lowest BCUT2D eigenvalue weighted by atomic mass is 10.2. The summed E-state index contributed by atoms with van der Waals surface area (Å²) in [4.78, 5) is 8.68. The molecule has 0 atom stereocenters. The van der Waals surface area contributed by atoms with E-state index < -0.39 is 0 Å². The van der Waals surface area contributed by atoms with E-state index in [-0.39, 0.29) is 6.61 Å². The van der Waals surface area contributed by atoms with Gasteiger partial charge in [-0.05, 0) is 11.6 Å². The molecule has 0 bridgehead atoms. The van der Waals surface area contributed by atoms with E-state index in [4.69, 9.17) is 9.84 Å². The molecule has 106 valence electrons.